The van der Waals surface area contributed by atoms with Crippen molar-refractivity contribution >= 4 is 17.5 Å². The van der Waals surface area contributed by atoms with Crippen LogP contribution in [0.4, 0.5) is 16.3 Å². The number of nitrogens with zero attached hydrogens (tertiary/aromatic N) is 3. The van der Waals surface area contributed by atoms with Gasteiger partial charge in [0.15, 0.2) is 0 Å². The maximum absolute atomic E-state index is 13.0. The number of benzene rings is 1. The van der Waals surface area contributed by atoms with Crippen LogP contribution in [-0.2, 0) is 17.2 Å². The van der Waals surface area contributed by atoms with Crippen LogP contribution in [-0.4, -0.2) is 29.0 Å². The van der Waals surface area contributed by atoms with Gasteiger partial charge in [0.2, 0.25) is 0 Å². The molecule has 2 fully saturated rings. The molecular formula is C20H24N4O2. The van der Waals surface area contributed by atoms with E-state index in [0.29, 0.717) is 5.82 Å². The van der Waals surface area contributed by atoms with Crippen LogP contribution >= 0.6 is 0 Å². The molecule has 26 heavy (non-hydrogen) atoms. The molecule has 136 valence electrons. The summed E-state index contributed by atoms with van der Waals surface area (Å²) in [5.41, 5.74) is 3.44. The molecule has 6 heteroatoms. The van der Waals surface area contributed by atoms with Gasteiger partial charge in [0.05, 0.1) is 5.69 Å². The van der Waals surface area contributed by atoms with Crippen molar-refractivity contribution in [2.45, 2.75) is 43.6 Å². The number of hydrogen-bond donors (Lipinski definition) is 1. The van der Waals surface area contributed by atoms with Gasteiger partial charge in [-0.3, -0.25) is 14.9 Å². The first kappa shape index (κ1) is 15.9. The number of aryl methyl sites for hydroxylation is 1. The molecule has 1 spiro atoms. The normalized spacial score (nSPS) is 23.1. The predicted octanol–water partition coefficient (Wildman–Crippen LogP) is 3.75. The first-order valence-electron chi connectivity index (χ1n) is 9.50. The Morgan fingerprint density at radius 2 is 2.15 bits per heavy atom. The van der Waals surface area contributed by atoms with Crippen LogP contribution in [0.25, 0.3) is 0 Å². The average Bonchev–Trinajstić information content (AvgIpc) is 3.32. The van der Waals surface area contributed by atoms with E-state index < -0.39 is 0 Å². The molecule has 2 amide bonds. The van der Waals surface area contributed by atoms with Crippen LogP contribution in [0.2, 0.25) is 0 Å². The lowest BCUT2D eigenvalue weighted by atomic mass is 9.66. The summed E-state index contributed by atoms with van der Waals surface area (Å²) in [7, 11) is 1.86. The number of urea groups is 1. The number of amides is 2. The van der Waals surface area contributed by atoms with Crippen LogP contribution in [0.3, 0.4) is 0 Å². The highest BCUT2D eigenvalue weighted by atomic mass is 16.5. The summed E-state index contributed by atoms with van der Waals surface area (Å²) in [5, 5.41) is 7.59. The number of carbonyl (C=O) groups is 1. The average molecular weight is 352 g/mol. The largest absolute Gasteiger partial charge is 0.372 e. The second-order valence-electron chi connectivity index (χ2n) is 7.75. The molecule has 0 bridgehead atoms. The number of rotatable bonds is 2. The van der Waals surface area contributed by atoms with Gasteiger partial charge in [-0.25, -0.2) is 4.79 Å². The van der Waals surface area contributed by atoms with E-state index in [-0.39, 0.29) is 17.6 Å². The fourth-order valence-corrected chi connectivity index (χ4v) is 4.59. The van der Waals surface area contributed by atoms with E-state index in [4.69, 9.17) is 4.74 Å². The Balaban J connectivity index is 1.38. The van der Waals surface area contributed by atoms with E-state index in [1.807, 2.05) is 24.1 Å². The first-order chi connectivity index (χ1) is 12.7. The van der Waals surface area contributed by atoms with Crippen molar-refractivity contribution in [1.29, 1.82) is 0 Å². The first-order valence-corrected chi connectivity index (χ1v) is 9.50. The van der Waals surface area contributed by atoms with Gasteiger partial charge in [-0.15, -0.1) is 0 Å². The summed E-state index contributed by atoms with van der Waals surface area (Å²) >= 11 is 0. The quantitative estimate of drug-likeness (QED) is 0.895. The Hall–Kier alpha value is -2.34. The molecular weight excluding hydrogens is 328 g/mol. The molecule has 1 aromatic heterocycles. The monoisotopic (exact) mass is 352 g/mol. The number of para-hydroxylation sites is 1. The van der Waals surface area contributed by atoms with Crippen LogP contribution in [0.5, 0.6) is 0 Å². The summed E-state index contributed by atoms with van der Waals surface area (Å²) in [5.74, 6) is 0.715. The van der Waals surface area contributed by atoms with E-state index in [2.05, 4.69) is 28.6 Å². The SMILES string of the molecule is Cn1nc(C2CCCO2)cc1NC(=O)N1CC2(CCC2)c2ccccc21. The molecule has 1 unspecified atom stereocenters. The highest BCUT2D eigenvalue weighted by Crippen LogP contribution is 2.52. The van der Waals surface area contributed by atoms with Crippen molar-refractivity contribution in [3.63, 3.8) is 0 Å². The Morgan fingerprint density at radius 3 is 2.88 bits per heavy atom. The minimum absolute atomic E-state index is 0.0533. The van der Waals surface area contributed by atoms with Crippen molar-refractivity contribution in [3.05, 3.63) is 41.6 Å². The summed E-state index contributed by atoms with van der Waals surface area (Å²) in [6, 6.07) is 10.2. The molecule has 2 aromatic rings. The molecule has 3 heterocycles. The molecule has 0 radical (unpaired) electrons. The Kier molecular flexibility index (Phi) is 3.57. The predicted molar refractivity (Wildman–Crippen MR) is 99.5 cm³/mol. The summed E-state index contributed by atoms with van der Waals surface area (Å²) in [4.78, 5) is 14.9. The van der Waals surface area contributed by atoms with Crippen LogP contribution in [0, 0.1) is 0 Å². The van der Waals surface area contributed by atoms with Crippen LogP contribution in [0.15, 0.2) is 30.3 Å². The number of anilines is 2. The van der Waals surface area contributed by atoms with E-state index in [0.717, 1.165) is 37.4 Å². The van der Waals surface area contributed by atoms with Crippen molar-refractivity contribution in [2.75, 3.05) is 23.4 Å². The van der Waals surface area contributed by atoms with Gasteiger partial charge in [0, 0.05) is 37.4 Å². The van der Waals surface area contributed by atoms with Crippen molar-refractivity contribution in [2.24, 2.45) is 7.05 Å². The molecule has 1 N–H and O–H groups in total. The second kappa shape index (κ2) is 5.84. The van der Waals surface area contributed by atoms with Gasteiger partial charge in [-0.1, -0.05) is 24.6 Å². The lowest BCUT2D eigenvalue weighted by molar-refractivity contribution is 0.108. The van der Waals surface area contributed by atoms with E-state index in [1.54, 1.807) is 4.68 Å². The number of carbonyl (C=O) groups excluding carboxylic acids is 1. The molecule has 6 nitrogen and oxygen atoms in total. The summed E-state index contributed by atoms with van der Waals surface area (Å²) in [6.45, 7) is 1.56. The zero-order valence-electron chi connectivity index (χ0n) is 15.1. The van der Waals surface area contributed by atoms with Crippen LogP contribution in [0.1, 0.15) is 49.5 Å². The number of nitrogens with one attached hydrogen (secondary N) is 1. The number of aromatic nitrogens is 2. The molecule has 5 rings (SSSR count). The fraction of sp³-hybridized carbons (Fsp3) is 0.500. The number of ether oxygens (including phenoxy) is 1. The van der Waals surface area contributed by atoms with Crippen molar-refractivity contribution in [3.8, 4) is 0 Å². The molecule has 1 atom stereocenters. The zero-order valence-corrected chi connectivity index (χ0v) is 15.1. The van der Waals surface area contributed by atoms with E-state index in [1.165, 1.54) is 24.8 Å². The maximum Gasteiger partial charge on any atom is 0.327 e. The molecule has 3 aliphatic rings. The highest BCUT2D eigenvalue weighted by Gasteiger charge is 2.48. The number of hydrogen-bond acceptors (Lipinski definition) is 3. The molecule has 1 saturated carbocycles. The smallest absolute Gasteiger partial charge is 0.327 e. The summed E-state index contributed by atoms with van der Waals surface area (Å²) in [6.07, 6.45) is 5.70. The molecule has 2 aliphatic heterocycles. The number of fused-ring (bicyclic) bond motifs is 2. The fourth-order valence-electron chi connectivity index (χ4n) is 4.59. The zero-order chi connectivity index (χ0) is 17.7. The second-order valence-corrected chi connectivity index (χ2v) is 7.75. The standard InChI is InChI=1S/C20H24N4O2/c1-23-18(12-15(22-23)17-8-4-11-26-17)21-19(25)24-13-20(9-5-10-20)14-6-2-3-7-16(14)24/h2-3,6-7,12,17H,4-5,8-11,13H2,1H3,(H,21,25). The van der Waals surface area contributed by atoms with Gasteiger partial charge in [-0.05, 0) is 37.3 Å². The van der Waals surface area contributed by atoms with Gasteiger partial charge in [0.25, 0.3) is 0 Å². The molecule has 1 aliphatic carbocycles. The third-order valence-corrected chi connectivity index (χ3v) is 6.18. The van der Waals surface area contributed by atoms with Gasteiger partial charge < -0.3 is 4.74 Å². The Bertz CT molecular complexity index is 849. The third kappa shape index (κ3) is 2.35. The van der Waals surface area contributed by atoms with Crippen molar-refractivity contribution in [1.82, 2.24) is 9.78 Å². The van der Waals surface area contributed by atoms with Gasteiger partial charge in [0.1, 0.15) is 11.9 Å². The Morgan fingerprint density at radius 1 is 1.31 bits per heavy atom. The topological polar surface area (TPSA) is 59.4 Å². The lowest BCUT2D eigenvalue weighted by Gasteiger charge is -2.38. The lowest BCUT2D eigenvalue weighted by Crippen LogP contribution is -2.43. The third-order valence-electron chi connectivity index (χ3n) is 6.18. The minimum atomic E-state index is -0.0804. The minimum Gasteiger partial charge on any atom is -0.372 e. The van der Waals surface area contributed by atoms with Crippen LogP contribution < -0.4 is 10.2 Å². The Labute approximate surface area is 153 Å². The maximum atomic E-state index is 13.0. The van der Waals surface area contributed by atoms with Gasteiger partial charge >= 0.3 is 6.03 Å². The van der Waals surface area contributed by atoms with E-state index >= 15 is 0 Å². The molecule has 1 saturated heterocycles. The van der Waals surface area contributed by atoms with E-state index in [9.17, 15) is 4.79 Å². The highest BCUT2D eigenvalue weighted by molar-refractivity contribution is 6.03. The summed E-state index contributed by atoms with van der Waals surface area (Å²) < 4.78 is 7.44. The van der Waals surface area contributed by atoms with Gasteiger partial charge in [-0.2, -0.15) is 5.10 Å². The molecule has 1 aromatic carbocycles. The van der Waals surface area contributed by atoms with Crippen molar-refractivity contribution < 1.29 is 9.53 Å².